The van der Waals surface area contributed by atoms with Crippen molar-refractivity contribution in [3.05, 3.63) is 0 Å². The zero-order chi connectivity index (χ0) is 9.56. The van der Waals surface area contributed by atoms with Gasteiger partial charge in [-0.25, -0.2) is 0 Å². The van der Waals surface area contributed by atoms with Crippen molar-refractivity contribution in [2.75, 3.05) is 0 Å². The first-order valence-corrected chi connectivity index (χ1v) is 3.00. The van der Waals surface area contributed by atoms with Crippen molar-refractivity contribution in [1.29, 1.82) is 0 Å². The lowest BCUT2D eigenvalue weighted by molar-refractivity contribution is -0.142. The van der Waals surface area contributed by atoms with E-state index in [2.05, 4.69) is 14.0 Å². The van der Waals surface area contributed by atoms with Crippen molar-refractivity contribution in [3.63, 3.8) is 0 Å². The Kier molecular flexibility index (Phi) is 4.51. The fourth-order valence-corrected chi connectivity index (χ4v) is 0.396. The van der Waals surface area contributed by atoms with Crippen LogP contribution >= 0.6 is 0 Å². The second-order valence-corrected chi connectivity index (χ2v) is 1.74. The first-order valence-electron chi connectivity index (χ1n) is 3.00. The van der Waals surface area contributed by atoms with Gasteiger partial charge in [-0.2, -0.15) is 0 Å². The van der Waals surface area contributed by atoms with Crippen LogP contribution in [0.1, 0.15) is 13.8 Å². The van der Waals surface area contributed by atoms with Crippen LogP contribution in [0.15, 0.2) is 0 Å². The molecule has 0 aliphatic carbocycles. The Hall–Kier alpha value is -1.53. The molecule has 66 valence electrons. The van der Waals surface area contributed by atoms with Crippen molar-refractivity contribution >= 4 is 25.7 Å². The first-order chi connectivity index (χ1) is 5.56. The summed E-state index contributed by atoms with van der Waals surface area (Å²) in [5.41, 5.74) is 0. The maximum atomic E-state index is 10.3. The molecule has 0 aliphatic rings. The highest BCUT2D eigenvalue weighted by Gasteiger charge is 2.31. The SMILES string of the molecule is CC(=O)OB(OC=O)OC(C)=O. The highest BCUT2D eigenvalue weighted by molar-refractivity contribution is 6.43. The minimum atomic E-state index is -1.59. The smallest absolute Gasteiger partial charge is 0.464 e. The molecular weight excluding hydrogens is 167 g/mol. The molecule has 6 nitrogen and oxygen atoms in total. The average molecular weight is 174 g/mol. The molecule has 0 aromatic heterocycles. The summed E-state index contributed by atoms with van der Waals surface area (Å²) < 4.78 is 12.6. The second kappa shape index (κ2) is 5.17. The van der Waals surface area contributed by atoms with Gasteiger partial charge in [0.1, 0.15) is 0 Å². The van der Waals surface area contributed by atoms with Crippen LogP contribution in [0.5, 0.6) is 0 Å². The minimum Gasteiger partial charge on any atom is -0.464 e. The molecule has 12 heavy (non-hydrogen) atoms. The van der Waals surface area contributed by atoms with E-state index in [4.69, 9.17) is 0 Å². The molecule has 0 spiro atoms. The van der Waals surface area contributed by atoms with Crippen molar-refractivity contribution in [3.8, 4) is 0 Å². The van der Waals surface area contributed by atoms with Crippen molar-refractivity contribution in [2.45, 2.75) is 13.8 Å². The Balaban J connectivity index is 3.93. The number of carbonyl (C=O) groups excluding carboxylic acids is 3. The Labute approximate surface area is 69.0 Å². The van der Waals surface area contributed by atoms with Crippen LogP contribution < -0.4 is 0 Å². The van der Waals surface area contributed by atoms with Crippen LogP contribution in [0.25, 0.3) is 0 Å². The molecule has 0 heterocycles. The topological polar surface area (TPSA) is 78.9 Å². The summed E-state index contributed by atoms with van der Waals surface area (Å²) in [6.45, 7) is 2.19. The van der Waals surface area contributed by atoms with Crippen molar-refractivity contribution in [1.82, 2.24) is 0 Å². The summed E-state index contributed by atoms with van der Waals surface area (Å²) in [7, 11) is -1.59. The number of hydrogen-bond donors (Lipinski definition) is 0. The van der Waals surface area contributed by atoms with Gasteiger partial charge in [0.15, 0.2) is 0 Å². The molecule has 0 atom stereocenters. The van der Waals surface area contributed by atoms with E-state index in [-0.39, 0.29) is 6.47 Å². The molecule has 0 fully saturated rings. The van der Waals surface area contributed by atoms with E-state index in [9.17, 15) is 14.4 Å². The maximum Gasteiger partial charge on any atom is 0.869 e. The summed E-state index contributed by atoms with van der Waals surface area (Å²) >= 11 is 0. The standard InChI is InChI=1S/C5H7BO6/c1-4(8)11-6(10-3-7)12-5(2)9/h3H,1-2H3. The Morgan fingerprint density at radius 2 is 1.58 bits per heavy atom. The quantitative estimate of drug-likeness (QED) is 0.412. The Bertz CT molecular complexity index is 174. The molecule has 0 N–H and O–H groups in total. The molecule has 0 bridgehead atoms. The van der Waals surface area contributed by atoms with Crippen molar-refractivity contribution < 1.29 is 28.3 Å². The third kappa shape index (κ3) is 5.27. The first kappa shape index (κ1) is 10.5. The molecule has 0 aromatic rings. The van der Waals surface area contributed by atoms with Crippen LogP contribution in [0, 0.1) is 0 Å². The minimum absolute atomic E-state index is 0.0105. The molecule has 0 saturated carbocycles. The zero-order valence-electron chi connectivity index (χ0n) is 6.60. The summed E-state index contributed by atoms with van der Waals surface area (Å²) in [5, 5.41) is 0. The van der Waals surface area contributed by atoms with Crippen molar-refractivity contribution in [2.24, 2.45) is 0 Å². The average Bonchev–Trinajstić information content (AvgIpc) is 1.84. The molecule has 0 aliphatic heterocycles. The molecule has 0 amide bonds. The lowest BCUT2D eigenvalue weighted by atomic mass is 10.2. The predicted molar refractivity (Wildman–Crippen MR) is 36.4 cm³/mol. The van der Waals surface area contributed by atoms with E-state index in [0.717, 1.165) is 13.8 Å². The molecule has 0 radical (unpaired) electrons. The normalized spacial score (nSPS) is 8.17. The number of rotatable bonds is 4. The fraction of sp³-hybridized carbons (Fsp3) is 0.400. The van der Waals surface area contributed by atoms with Gasteiger partial charge in [-0.05, 0) is 0 Å². The molecule has 0 rings (SSSR count). The summed E-state index contributed by atoms with van der Waals surface area (Å²) in [6, 6.07) is 0. The molecule has 0 saturated heterocycles. The van der Waals surface area contributed by atoms with Crippen LogP contribution in [0.2, 0.25) is 0 Å². The molecule has 0 unspecified atom stereocenters. The van der Waals surface area contributed by atoms with Gasteiger partial charge in [0.2, 0.25) is 0 Å². The predicted octanol–water partition coefficient (Wildman–Crippen LogP) is -0.730. The lowest BCUT2D eigenvalue weighted by Crippen LogP contribution is -2.30. The highest BCUT2D eigenvalue weighted by Crippen LogP contribution is 1.91. The van der Waals surface area contributed by atoms with Gasteiger partial charge in [-0.1, -0.05) is 0 Å². The van der Waals surface area contributed by atoms with E-state index in [1.807, 2.05) is 0 Å². The highest BCUT2D eigenvalue weighted by atomic mass is 16.8. The van der Waals surface area contributed by atoms with Crippen LogP contribution in [-0.2, 0) is 28.3 Å². The van der Waals surface area contributed by atoms with E-state index >= 15 is 0 Å². The van der Waals surface area contributed by atoms with Gasteiger partial charge in [0.25, 0.3) is 18.4 Å². The molecule has 7 heteroatoms. The summed E-state index contributed by atoms with van der Waals surface area (Å²) in [4.78, 5) is 30.4. The van der Waals surface area contributed by atoms with Gasteiger partial charge < -0.3 is 14.0 Å². The van der Waals surface area contributed by atoms with Gasteiger partial charge in [-0.15, -0.1) is 0 Å². The third-order valence-corrected chi connectivity index (χ3v) is 0.691. The zero-order valence-corrected chi connectivity index (χ0v) is 6.60. The van der Waals surface area contributed by atoms with Crippen LogP contribution in [0.4, 0.5) is 0 Å². The van der Waals surface area contributed by atoms with E-state index in [1.165, 1.54) is 0 Å². The summed E-state index contributed by atoms with van der Waals surface area (Å²) in [5.74, 6) is -1.44. The second-order valence-electron chi connectivity index (χ2n) is 1.74. The van der Waals surface area contributed by atoms with Gasteiger partial charge >= 0.3 is 7.32 Å². The van der Waals surface area contributed by atoms with Gasteiger partial charge in [0.05, 0.1) is 0 Å². The Morgan fingerprint density at radius 1 is 1.17 bits per heavy atom. The van der Waals surface area contributed by atoms with E-state index < -0.39 is 19.3 Å². The lowest BCUT2D eigenvalue weighted by Gasteiger charge is -2.06. The van der Waals surface area contributed by atoms with E-state index in [0.29, 0.717) is 0 Å². The molecular formula is C5H7BO6. The fourth-order valence-electron chi connectivity index (χ4n) is 0.396. The monoisotopic (exact) mass is 174 g/mol. The van der Waals surface area contributed by atoms with Gasteiger partial charge in [0, 0.05) is 13.8 Å². The van der Waals surface area contributed by atoms with Crippen LogP contribution in [-0.4, -0.2) is 25.7 Å². The number of carbonyl (C=O) groups is 3. The van der Waals surface area contributed by atoms with Crippen LogP contribution in [0.3, 0.4) is 0 Å². The number of hydrogen-bond acceptors (Lipinski definition) is 6. The van der Waals surface area contributed by atoms with Gasteiger partial charge in [-0.3, -0.25) is 14.4 Å². The largest absolute Gasteiger partial charge is 0.869 e. The maximum absolute atomic E-state index is 10.3. The van der Waals surface area contributed by atoms with E-state index in [1.54, 1.807) is 0 Å². The molecule has 0 aromatic carbocycles. The Morgan fingerprint density at radius 3 is 1.83 bits per heavy atom. The summed E-state index contributed by atoms with van der Waals surface area (Å²) in [6.07, 6.45) is 0. The third-order valence-electron chi connectivity index (χ3n) is 0.691.